The lowest BCUT2D eigenvalue weighted by atomic mass is 10.2. The number of anilines is 1. The zero-order chi connectivity index (χ0) is 15.6. The molecule has 1 aromatic rings. The molecule has 0 N–H and O–H groups in total. The molecule has 2 heterocycles. The van der Waals surface area contributed by atoms with E-state index in [1.54, 1.807) is 19.0 Å². The highest BCUT2D eigenvalue weighted by atomic mass is 19.4. The third-order valence-electron chi connectivity index (χ3n) is 3.18. The SMILES string of the molecule is CN(C)C(=O)C1CN(c2ccc(C(F)(F)F)cn2)CCO1. The van der Waals surface area contributed by atoms with Gasteiger partial charge in [-0.25, -0.2) is 4.98 Å². The van der Waals surface area contributed by atoms with Crippen molar-refractivity contribution in [2.24, 2.45) is 0 Å². The van der Waals surface area contributed by atoms with E-state index in [0.29, 0.717) is 19.0 Å². The second-order valence-electron chi connectivity index (χ2n) is 4.94. The predicted octanol–water partition coefficient (Wildman–Crippen LogP) is 1.39. The Balaban J connectivity index is 2.09. The number of hydrogen-bond acceptors (Lipinski definition) is 4. The van der Waals surface area contributed by atoms with Crippen LogP contribution in [0.25, 0.3) is 0 Å². The van der Waals surface area contributed by atoms with Crippen molar-refractivity contribution in [2.75, 3.05) is 38.7 Å². The maximum absolute atomic E-state index is 12.5. The van der Waals surface area contributed by atoms with Gasteiger partial charge in [0.1, 0.15) is 5.82 Å². The Hall–Kier alpha value is -1.83. The molecule has 0 aromatic carbocycles. The maximum Gasteiger partial charge on any atom is 0.417 e. The Labute approximate surface area is 120 Å². The van der Waals surface area contributed by atoms with E-state index >= 15 is 0 Å². The maximum atomic E-state index is 12.5. The molecule has 0 aliphatic carbocycles. The van der Waals surface area contributed by atoms with Crippen molar-refractivity contribution >= 4 is 11.7 Å². The van der Waals surface area contributed by atoms with Gasteiger partial charge in [0.15, 0.2) is 6.10 Å². The van der Waals surface area contributed by atoms with Crippen molar-refractivity contribution in [3.05, 3.63) is 23.9 Å². The number of carbonyl (C=O) groups excluding carboxylic acids is 1. The Kier molecular flexibility index (Phi) is 4.36. The minimum absolute atomic E-state index is 0.174. The normalized spacial score (nSPS) is 19.5. The van der Waals surface area contributed by atoms with Crippen LogP contribution in [0.5, 0.6) is 0 Å². The molecular weight excluding hydrogens is 287 g/mol. The van der Waals surface area contributed by atoms with E-state index in [-0.39, 0.29) is 12.5 Å². The van der Waals surface area contributed by atoms with Crippen molar-refractivity contribution < 1.29 is 22.7 Å². The number of aromatic nitrogens is 1. The summed E-state index contributed by atoms with van der Waals surface area (Å²) in [4.78, 5) is 18.9. The van der Waals surface area contributed by atoms with Crippen molar-refractivity contribution in [1.29, 1.82) is 0 Å². The van der Waals surface area contributed by atoms with E-state index in [0.717, 1.165) is 12.3 Å². The number of likely N-dealkylation sites (N-methyl/N-ethyl adjacent to an activating group) is 1. The fraction of sp³-hybridized carbons (Fsp3) is 0.538. The number of ether oxygens (including phenoxy) is 1. The summed E-state index contributed by atoms with van der Waals surface area (Å²) in [5, 5.41) is 0. The van der Waals surface area contributed by atoms with E-state index < -0.39 is 17.8 Å². The fourth-order valence-corrected chi connectivity index (χ4v) is 2.04. The first-order valence-electron chi connectivity index (χ1n) is 6.40. The molecule has 1 aromatic heterocycles. The molecule has 116 valence electrons. The lowest BCUT2D eigenvalue weighted by Crippen LogP contribution is -2.49. The minimum atomic E-state index is -4.40. The van der Waals surface area contributed by atoms with Crippen LogP contribution in [-0.2, 0) is 15.7 Å². The van der Waals surface area contributed by atoms with Crippen LogP contribution in [0.3, 0.4) is 0 Å². The molecule has 1 atom stereocenters. The van der Waals surface area contributed by atoms with Crippen LogP contribution in [0.4, 0.5) is 19.0 Å². The van der Waals surface area contributed by atoms with Crippen molar-refractivity contribution in [2.45, 2.75) is 12.3 Å². The molecule has 0 saturated carbocycles. The van der Waals surface area contributed by atoms with Gasteiger partial charge in [0.25, 0.3) is 5.91 Å². The number of rotatable bonds is 2. The molecule has 1 aliphatic heterocycles. The van der Waals surface area contributed by atoms with Gasteiger partial charge in [-0.15, -0.1) is 0 Å². The molecule has 0 radical (unpaired) electrons. The number of nitrogens with zero attached hydrogens (tertiary/aromatic N) is 3. The predicted molar refractivity (Wildman–Crippen MR) is 69.9 cm³/mol. The van der Waals surface area contributed by atoms with Gasteiger partial charge in [-0.1, -0.05) is 0 Å². The highest BCUT2D eigenvalue weighted by molar-refractivity contribution is 5.81. The van der Waals surface area contributed by atoms with Gasteiger partial charge < -0.3 is 14.5 Å². The number of morpholine rings is 1. The topological polar surface area (TPSA) is 45.7 Å². The highest BCUT2D eigenvalue weighted by Crippen LogP contribution is 2.29. The van der Waals surface area contributed by atoms with Crippen molar-refractivity contribution in [3.63, 3.8) is 0 Å². The monoisotopic (exact) mass is 303 g/mol. The Morgan fingerprint density at radius 3 is 2.67 bits per heavy atom. The molecule has 21 heavy (non-hydrogen) atoms. The smallest absolute Gasteiger partial charge is 0.365 e. The van der Waals surface area contributed by atoms with Gasteiger partial charge in [-0.05, 0) is 12.1 Å². The standard InChI is InChI=1S/C13H16F3N3O2/c1-18(2)12(20)10-8-19(5-6-21-10)11-4-3-9(7-17-11)13(14,15)16/h3-4,7,10H,5-6,8H2,1-2H3. The summed E-state index contributed by atoms with van der Waals surface area (Å²) in [6.07, 6.45) is -4.23. The van der Waals surface area contributed by atoms with Gasteiger partial charge in [0.2, 0.25) is 0 Å². The molecular formula is C13H16F3N3O2. The molecule has 1 saturated heterocycles. The molecule has 1 amide bonds. The lowest BCUT2D eigenvalue weighted by Gasteiger charge is -2.34. The molecule has 0 bridgehead atoms. The summed E-state index contributed by atoms with van der Waals surface area (Å²) in [5.74, 6) is 0.231. The molecule has 2 rings (SSSR count). The second kappa shape index (κ2) is 5.88. The fourth-order valence-electron chi connectivity index (χ4n) is 2.04. The summed E-state index contributed by atoms with van der Waals surface area (Å²) in [5.41, 5.74) is -0.791. The van der Waals surface area contributed by atoms with E-state index in [4.69, 9.17) is 4.74 Å². The molecule has 1 fully saturated rings. The molecule has 1 unspecified atom stereocenters. The van der Waals surface area contributed by atoms with Gasteiger partial charge >= 0.3 is 6.18 Å². The van der Waals surface area contributed by atoms with Crippen LogP contribution < -0.4 is 4.90 Å². The van der Waals surface area contributed by atoms with Crippen molar-refractivity contribution in [1.82, 2.24) is 9.88 Å². The summed E-state index contributed by atoms with van der Waals surface area (Å²) in [7, 11) is 3.25. The first-order valence-corrected chi connectivity index (χ1v) is 6.40. The van der Waals surface area contributed by atoms with Crippen LogP contribution in [0.15, 0.2) is 18.3 Å². The third kappa shape index (κ3) is 3.63. The quantitative estimate of drug-likeness (QED) is 0.828. The molecule has 1 aliphatic rings. The second-order valence-corrected chi connectivity index (χ2v) is 4.94. The highest BCUT2D eigenvalue weighted by Gasteiger charge is 2.32. The van der Waals surface area contributed by atoms with Crippen LogP contribution in [0, 0.1) is 0 Å². The zero-order valence-corrected chi connectivity index (χ0v) is 11.7. The first-order chi connectivity index (χ1) is 9.79. The minimum Gasteiger partial charge on any atom is -0.365 e. The summed E-state index contributed by atoms with van der Waals surface area (Å²) >= 11 is 0. The first kappa shape index (κ1) is 15.6. The summed E-state index contributed by atoms with van der Waals surface area (Å²) < 4.78 is 42.9. The average molecular weight is 303 g/mol. The Morgan fingerprint density at radius 2 is 2.14 bits per heavy atom. The largest absolute Gasteiger partial charge is 0.417 e. The number of pyridine rings is 1. The van der Waals surface area contributed by atoms with Gasteiger partial charge in [-0.2, -0.15) is 13.2 Å². The van der Waals surface area contributed by atoms with E-state index in [1.807, 2.05) is 0 Å². The third-order valence-corrected chi connectivity index (χ3v) is 3.18. The number of carbonyl (C=O) groups is 1. The number of hydrogen-bond donors (Lipinski definition) is 0. The van der Waals surface area contributed by atoms with E-state index in [9.17, 15) is 18.0 Å². The molecule has 8 heteroatoms. The zero-order valence-electron chi connectivity index (χ0n) is 11.7. The molecule has 5 nitrogen and oxygen atoms in total. The average Bonchev–Trinajstić information content (AvgIpc) is 2.46. The number of amides is 1. The van der Waals surface area contributed by atoms with Crippen molar-refractivity contribution in [3.8, 4) is 0 Å². The van der Waals surface area contributed by atoms with Crippen LogP contribution in [0.1, 0.15) is 5.56 Å². The van der Waals surface area contributed by atoms with Crippen LogP contribution in [-0.4, -0.2) is 55.7 Å². The Bertz CT molecular complexity index is 502. The molecule has 0 spiro atoms. The lowest BCUT2D eigenvalue weighted by molar-refractivity contribution is -0.141. The number of halogens is 3. The van der Waals surface area contributed by atoms with Gasteiger partial charge in [0, 0.05) is 26.8 Å². The summed E-state index contributed by atoms with van der Waals surface area (Å²) in [6, 6.07) is 2.30. The van der Waals surface area contributed by atoms with Gasteiger partial charge in [0.05, 0.1) is 18.7 Å². The Morgan fingerprint density at radius 1 is 1.43 bits per heavy atom. The van der Waals surface area contributed by atoms with Gasteiger partial charge in [-0.3, -0.25) is 4.79 Å². The van der Waals surface area contributed by atoms with Crippen LogP contribution in [0.2, 0.25) is 0 Å². The number of alkyl halides is 3. The summed E-state index contributed by atoms with van der Waals surface area (Å²) in [6.45, 7) is 1.08. The van der Waals surface area contributed by atoms with E-state index in [1.165, 1.54) is 11.0 Å². The van der Waals surface area contributed by atoms with Crippen LogP contribution >= 0.6 is 0 Å². The van der Waals surface area contributed by atoms with E-state index in [2.05, 4.69) is 4.98 Å².